The Labute approximate surface area is 168 Å². The fourth-order valence-corrected chi connectivity index (χ4v) is 5.44. The number of benzene rings is 1. The van der Waals surface area contributed by atoms with Crippen molar-refractivity contribution >= 4 is 0 Å². The van der Waals surface area contributed by atoms with Gasteiger partial charge < -0.3 is 4.90 Å². The monoisotopic (exact) mass is 369 g/mol. The smallest absolute Gasteiger partial charge is 0.00670 e. The minimum Gasteiger partial charge on any atom is -0.300 e. The standard InChI is InChI=1S/C26H43N/c1-6-7-8-9-12-22(4)27(19-23-14-15-23)17-16-26(5)21(3)18-24-13-10-11-20(2)25(24)26/h10-11,13,21-23H,6-9,12,14-19H2,1-5H3/t21-,22?,26?/m1/s1. The molecule has 0 saturated heterocycles. The number of rotatable bonds is 11. The maximum absolute atomic E-state index is 2.86. The summed E-state index contributed by atoms with van der Waals surface area (Å²) in [6.45, 7) is 14.8. The van der Waals surface area contributed by atoms with Gasteiger partial charge in [0, 0.05) is 12.6 Å². The largest absolute Gasteiger partial charge is 0.300 e. The van der Waals surface area contributed by atoms with Crippen LogP contribution in [0.5, 0.6) is 0 Å². The Balaban J connectivity index is 1.64. The summed E-state index contributed by atoms with van der Waals surface area (Å²) in [5.74, 6) is 1.75. The molecule has 0 bridgehead atoms. The summed E-state index contributed by atoms with van der Waals surface area (Å²) in [7, 11) is 0. The second-order valence-corrected chi connectivity index (χ2v) is 10.0. The number of fused-ring (bicyclic) bond motifs is 1. The third-order valence-corrected chi connectivity index (χ3v) is 7.75. The fourth-order valence-electron chi connectivity index (χ4n) is 5.44. The molecule has 0 heterocycles. The quantitative estimate of drug-likeness (QED) is 0.383. The Bertz CT molecular complexity index is 602. The van der Waals surface area contributed by atoms with E-state index in [-0.39, 0.29) is 0 Å². The predicted octanol–water partition coefficient (Wildman–Crippen LogP) is 6.91. The van der Waals surface area contributed by atoms with Crippen molar-refractivity contribution < 1.29 is 0 Å². The molecule has 2 aliphatic carbocycles. The summed E-state index contributed by atoms with van der Waals surface area (Å²) in [6.07, 6.45) is 12.5. The minimum absolute atomic E-state index is 0.352. The van der Waals surface area contributed by atoms with Gasteiger partial charge >= 0.3 is 0 Å². The predicted molar refractivity (Wildman–Crippen MR) is 119 cm³/mol. The van der Waals surface area contributed by atoms with Gasteiger partial charge in [0.2, 0.25) is 0 Å². The maximum atomic E-state index is 2.86. The average Bonchev–Trinajstić information content (AvgIpc) is 3.41. The van der Waals surface area contributed by atoms with E-state index in [2.05, 4.69) is 57.7 Å². The minimum atomic E-state index is 0.352. The number of hydrogen-bond donors (Lipinski definition) is 0. The number of hydrogen-bond acceptors (Lipinski definition) is 1. The first-order chi connectivity index (χ1) is 13.0. The van der Waals surface area contributed by atoms with Gasteiger partial charge in [-0.05, 0) is 86.4 Å². The van der Waals surface area contributed by atoms with Gasteiger partial charge in [0.05, 0.1) is 0 Å². The third kappa shape index (κ3) is 4.97. The molecular weight excluding hydrogens is 326 g/mol. The molecule has 1 nitrogen and oxygen atoms in total. The molecule has 152 valence electrons. The molecule has 3 atom stereocenters. The van der Waals surface area contributed by atoms with Crippen LogP contribution in [0.3, 0.4) is 0 Å². The van der Waals surface area contributed by atoms with E-state index in [1.807, 2.05) is 0 Å². The third-order valence-electron chi connectivity index (χ3n) is 7.75. The van der Waals surface area contributed by atoms with E-state index >= 15 is 0 Å². The Kier molecular flexibility index (Phi) is 7.06. The van der Waals surface area contributed by atoms with E-state index in [1.54, 1.807) is 11.1 Å². The van der Waals surface area contributed by atoms with Crippen molar-refractivity contribution in [1.82, 2.24) is 4.90 Å². The van der Waals surface area contributed by atoms with Crippen LogP contribution in [0.4, 0.5) is 0 Å². The van der Waals surface area contributed by atoms with Crippen molar-refractivity contribution in [1.29, 1.82) is 0 Å². The lowest BCUT2D eigenvalue weighted by atomic mass is 9.73. The van der Waals surface area contributed by atoms with Crippen LogP contribution in [0.1, 0.15) is 95.8 Å². The maximum Gasteiger partial charge on any atom is 0.00670 e. The molecule has 1 aromatic carbocycles. The van der Waals surface area contributed by atoms with Crippen molar-refractivity contribution in [2.45, 2.75) is 104 Å². The lowest BCUT2D eigenvalue weighted by Gasteiger charge is -2.37. The van der Waals surface area contributed by atoms with E-state index in [0.717, 1.165) is 17.9 Å². The van der Waals surface area contributed by atoms with Gasteiger partial charge in [0.25, 0.3) is 0 Å². The first-order valence-electron chi connectivity index (χ1n) is 11.8. The molecule has 0 aliphatic heterocycles. The van der Waals surface area contributed by atoms with Crippen LogP contribution in [0.2, 0.25) is 0 Å². The van der Waals surface area contributed by atoms with Crippen molar-refractivity contribution in [2.75, 3.05) is 13.1 Å². The van der Waals surface area contributed by atoms with Crippen molar-refractivity contribution in [2.24, 2.45) is 11.8 Å². The molecule has 1 fully saturated rings. The van der Waals surface area contributed by atoms with E-state index in [9.17, 15) is 0 Å². The molecular formula is C26H43N. The normalized spacial score (nSPS) is 25.8. The summed E-state index contributed by atoms with van der Waals surface area (Å²) in [4.78, 5) is 2.86. The Morgan fingerprint density at radius 1 is 1.19 bits per heavy atom. The number of unbranched alkanes of at least 4 members (excludes halogenated alkanes) is 3. The van der Waals surface area contributed by atoms with E-state index in [1.165, 1.54) is 76.4 Å². The van der Waals surface area contributed by atoms with E-state index in [0.29, 0.717) is 5.41 Å². The molecule has 0 N–H and O–H groups in total. The van der Waals surface area contributed by atoms with Crippen LogP contribution >= 0.6 is 0 Å². The highest BCUT2D eigenvalue weighted by atomic mass is 15.2. The fraction of sp³-hybridized carbons (Fsp3) is 0.769. The van der Waals surface area contributed by atoms with Crippen LogP contribution in [-0.4, -0.2) is 24.0 Å². The van der Waals surface area contributed by atoms with E-state index < -0.39 is 0 Å². The van der Waals surface area contributed by atoms with Gasteiger partial charge in [0.1, 0.15) is 0 Å². The Morgan fingerprint density at radius 2 is 1.96 bits per heavy atom. The Hall–Kier alpha value is -0.820. The van der Waals surface area contributed by atoms with Crippen LogP contribution in [0.25, 0.3) is 0 Å². The summed E-state index contributed by atoms with van der Waals surface area (Å²) in [5.41, 5.74) is 5.16. The summed E-state index contributed by atoms with van der Waals surface area (Å²) in [6, 6.07) is 7.71. The summed E-state index contributed by atoms with van der Waals surface area (Å²) < 4.78 is 0. The van der Waals surface area contributed by atoms with Crippen LogP contribution in [-0.2, 0) is 11.8 Å². The first kappa shape index (κ1) is 20.9. The summed E-state index contributed by atoms with van der Waals surface area (Å²) >= 11 is 0. The zero-order chi connectivity index (χ0) is 19.4. The molecule has 0 spiro atoms. The van der Waals surface area contributed by atoms with Crippen LogP contribution < -0.4 is 0 Å². The van der Waals surface area contributed by atoms with Gasteiger partial charge in [-0.25, -0.2) is 0 Å². The molecule has 1 heteroatoms. The van der Waals surface area contributed by atoms with Crippen molar-refractivity contribution in [3.05, 3.63) is 34.9 Å². The first-order valence-corrected chi connectivity index (χ1v) is 11.8. The van der Waals surface area contributed by atoms with Gasteiger partial charge in [0.15, 0.2) is 0 Å². The summed E-state index contributed by atoms with van der Waals surface area (Å²) in [5, 5.41) is 0. The number of nitrogens with zero attached hydrogens (tertiary/aromatic N) is 1. The van der Waals surface area contributed by atoms with Crippen LogP contribution in [0.15, 0.2) is 18.2 Å². The lowest BCUT2D eigenvalue weighted by Crippen LogP contribution is -2.39. The average molecular weight is 370 g/mol. The molecule has 0 radical (unpaired) electrons. The van der Waals surface area contributed by atoms with Gasteiger partial charge in [-0.15, -0.1) is 0 Å². The van der Waals surface area contributed by atoms with E-state index in [4.69, 9.17) is 0 Å². The highest BCUT2D eigenvalue weighted by Crippen LogP contribution is 2.47. The molecule has 2 unspecified atom stereocenters. The van der Waals surface area contributed by atoms with Crippen LogP contribution in [0, 0.1) is 18.8 Å². The van der Waals surface area contributed by atoms with Gasteiger partial charge in [-0.3, -0.25) is 0 Å². The molecule has 1 aromatic rings. The van der Waals surface area contributed by atoms with Gasteiger partial charge in [-0.2, -0.15) is 0 Å². The Morgan fingerprint density at radius 3 is 2.67 bits per heavy atom. The second-order valence-electron chi connectivity index (χ2n) is 10.0. The zero-order valence-corrected chi connectivity index (χ0v) is 18.7. The molecule has 2 aliphatic rings. The van der Waals surface area contributed by atoms with Gasteiger partial charge in [-0.1, -0.05) is 64.7 Å². The molecule has 3 rings (SSSR count). The molecule has 1 saturated carbocycles. The second kappa shape index (κ2) is 9.12. The highest BCUT2D eigenvalue weighted by molar-refractivity contribution is 5.45. The van der Waals surface area contributed by atoms with Crippen molar-refractivity contribution in [3.63, 3.8) is 0 Å². The highest BCUT2D eigenvalue weighted by Gasteiger charge is 2.41. The lowest BCUT2D eigenvalue weighted by molar-refractivity contribution is 0.161. The molecule has 0 amide bonds. The molecule has 27 heavy (non-hydrogen) atoms. The van der Waals surface area contributed by atoms with Crippen molar-refractivity contribution in [3.8, 4) is 0 Å². The topological polar surface area (TPSA) is 3.24 Å². The number of aryl methyl sites for hydroxylation is 1. The SMILES string of the molecule is CCCCCCC(C)N(CCC1(C)c2c(C)cccc2C[C@H]1C)CC1CC1. The zero-order valence-electron chi connectivity index (χ0n) is 18.7. The molecule has 0 aromatic heterocycles.